The van der Waals surface area contributed by atoms with Gasteiger partial charge in [-0.1, -0.05) is 249 Å². The third kappa shape index (κ3) is 12.9. The normalized spacial score (nSPS) is 23.2. The van der Waals surface area contributed by atoms with E-state index in [1.165, 1.54) is 298 Å². The van der Waals surface area contributed by atoms with Crippen LogP contribution in [0.3, 0.4) is 0 Å². The maximum Gasteiger partial charge on any atom is 0.120 e. The molecule has 0 amide bonds. The highest BCUT2D eigenvalue weighted by Gasteiger charge is 2.62. The van der Waals surface area contributed by atoms with Gasteiger partial charge in [0.25, 0.3) is 0 Å². The van der Waals surface area contributed by atoms with E-state index in [1.54, 1.807) is 14.2 Å². The van der Waals surface area contributed by atoms with Gasteiger partial charge in [0.15, 0.2) is 0 Å². The van der Waals surface area contributed by atoms with Gasteiger partial charge in [-0.25, -0.2) is 0 Å². The summed E-state index contributed by atoms with van der Waals surface area (Å²) in [5.74, 6) is 1.77. The van der Waals surface area contributed by atoms with Crippen molar-refractivity contribution in [2.24, 2.45) is 0 Å². The van der Waals surface area contributed by atoms with Crippen molar-refractivity contribution in [1.82, 2.24) is 9.97 Å². The first-order valence-electron chi connectivity index (χ1n) is 53.8. The van der Waals surface area contributed by atoms with Crippen LogP contribution < -0.4 is 29.1 Å². The van der Waals surface area contributed by atoms with Gasteiger partial charge in [-0.15, -0.1) is 0 Å². The summed E-state index contributed by atoms with van der Waals surface area (Å²) >= 11 is 0. The molecule has 720 valence electrons. The summed E-state index contributed by atoms with van der Waals surface area (Å²) in [6.45, 7) is 24.9. The average molecular weight is 1900 g/mol. The van der Waals surface area contributed by atoms with Gasteiger partial charge in [0.1, 0.15) is 11.5 Å². The first-order chi connectivity index (χ1) is 71.1. The largest absolute Gasteiger partial charge is 0.497 e. The minimum absolute atomic E-state index is 0.0200. The van der Waals surface area contributed by atoms with Gasteiger partial charge in [0.2, 0.25) is 0 Å². The second kappa shape index (κ2) is 33.3. The minimum atomic E-state index is -0.108. The molecule has 0 saturated heterocycles. The van der Waals surface area contributed by atoms with Gasteiger partial charge in [-0.2, -0.15) is 0 Å². The Morgan fingerprint density at radius 3 is 0.801 bits per heavy atom. The van der Waals surface area contributed by atoms with Gasteiger partial charge in [0.05, 0.1) is 36.4 Å². The van der Waals surface area contributed by atoms with Crippen molar-refractivity contribution in [1.29, 1.82) is 0 Å². The number of fused-ring (bicyclic) bond motifs is 22. The van der Waals surface area contributed by atoms with Crippen LogP contribution in [0.25, 0.3) is 153 Å². The van der Waals surface area contributed by atoms with Gasteiger partial charge >= 0.3 is 0 Å². The SMILES string of the molecule is COc1cccc(N2c3ccc(-c4c5ccccc5c(-c5ccc6c(c5)C5(C)CCCCC5(C)N6c5cccc(OC)c5)c5cc6c(cc45)c(-c4cccnc4)cc4ccccc46)cc3C3(C)CCCCC23C)c1.Cc1cccc(N2c3ccc(-c4c5ccccc5c(-c5ccc6c(c5)C5(C)CCCCC5(C)N6c5cccc(C)c5)c5cc6c(cc45)c(-c4cccnc4)cc4ccccc46)cc3C3(C)CCCCC23C)c1. The third-order valence-electron chi connectivity index (χ3n) is 38.7. The summed E-state index contributed by atoms with van der Waals surface area (Å²) in [5, 5.41) is 20.3. The number of anilines is 8. The topological polar surface area (TPSA) is 57.2 Å². The summed E-state index contributed by atoms with van der Waals surface area (Å²) in [6, 6.07) is 126. The fourth-order valence-electron chi connectivity index (χ4n) is 30.5. The van der Waals surface area contributed by atoms with Crippen molar-refractivity contribution in [2.45, 2.75) is 216 Å². The van der Waals surface area contributed by atoms with Crippen LogP contribution in [-0.4, -0.2) is 46.3 Å². The molecule has 6 heterocycles. The average Bonchev–Trinajstić information content (AvgIpc) is 1.62. The number of nitrogens with zero attached hydrogens (tertiary/aromatic N) is 6. The smallest absolute Gasteiger partial charge is 0.120 e. The number of aromatic nitrogens is 2. The highest BCUT2D eigenvalue weighted by molar-refractivity contribution is 6.29. The lowest BCUT2D eigenvalue weighted by atomic mass is 9.61. The molecule has 0 bridgehead atoms. The molecular formula is C138H126N6O2. The highest BCUT2D eigenvalue weighted by Crippen LogP contribution is 2.68. The molecule has 0 radical (unpaired) electrons. The van der Waals surface area contributed by atoms with Crippen molar-refractivity contribution in [3.63, 3.8) is 0 Å². The van der Waals surface area contributed by atoms with Crippen LogP contribution in [0.5, 0.6) is 11.5 Å². The van der Waals surface area contributed by atoms with Gasteiger partial charge < -0.3 is 29.1 Å². The molecule has 18 aromatic carbocycles. The summed E-state index contributed by atoms with van der Waals surface area (Å²) in [7, 11) is 3.55. The number of ether oxygens (including phenoxy) is 2. The van der Waals surface area contributed by atoms with Gasteiger partial charge in [0, 0.05) is 115 Å². The molecule has 2 aromatic heterocycles. The lowest BCUT2D eigenvalue weighted by molar-refractivity contribution is 0.195. The Hall–Kier alpha value is -14.9. The molecule has 4 fully saturated rings. The maximum atomic E-state index is 5.84. The first kappa shape index (κ1) is 89.9. The zero-order chi connectivity index (χ0) is 98.9. The summed E-state index contributed by atoms with van der Waals surface area (Å²) < 4.78 is 11.7. The Morgan fingerprint density at radius 2 is 0.507 bits per heavy atom. The van der Waals surface area contributed by atoms with E-state index in [0.717, 1.165) is 48.3 Å². The summed E-state index contributed by atoms with van der Waals surface area (Å²) in [6.07, 6.45) is 26.9. The van der Waals surface area contributed by atoms with Crippen molar-refractivity contribution in [2.75, 3.05) is 33.8 Å². The summed E-state index contributed by atoms with van der Waals surface area (Å²) in [4.78, 5) is 20.1. The van der Waals surface area contributed by atoms with Crippen molar-refractivity contribution in [3.05, 3.63) is 386 Å². The van der Waals surface area contributed by atoms with Crippen molar-refractivity contribution in [3.8, 4) is 78.3 Å². The van der Waals surface area contributed by atoms with E-state index in [1.807, 2.05) is 24.8 Å². The van der Waals surface area contributed by atoms with Crippen LogP contribution in [0.1, 0.15) is 192 Å². The second-order valence-electron chi connectivity index (χ2n) is 45.9. The molecule has 8 aliphatic rings. The zero-order valence-corrected chi connectivity index (χ0v) is 86.3. The third-order valence-corrected chi connectivity index (χ3v) is 38.7. The Balaban J connectivity index is 0.000000145. The van der Waals surface area contributed by atoms with Crippen LogP contribution in [-0.2, 0) is 21.7 Å². The van der Waals surface area contributed by atoms with E-state index in [2.05, 4.69) is 426 Å². The number of hydrogen-bond acceptors (Lipinski definition) is 8. The van der Waals surface area contributed by atoms with Crippen LogP contribution in [0, 0.1) is 13.8 Å². The Morgan fingerprint density at radius 1 is 0.226 bits per heavy atom. The van der Waals surface area contributed by atoms with E-state index in [0.29, 0.717) is 0 Å². The molecule has 20 aromatic rings. The molecule has 8 unspecified atom stereocenters. The fraction of sp³-hybridized carbons (Fsp3) is 0.261. The van der Waals surface area contributed by atoms with Crippen LogP contribution in [0.15, 0.2) is 352 Å². The lowest BCUT2D eigenvalue weighted by Gasteiger charge is -2.50. The molecule has 4 aliphatic carbocycles. The predicted octanol–water partition coefficient (Wildman–Crippen LogP) is 37.0. The maximum absolute atomic E-state index is 5.84. The van der Waals surface area contributed by atoms with E-state index in [-0.39, 0.29) is 43.8 Å². The van der Waals surface area contributed by atoms with E-state index >= 15 is 0 Å². The van der Waals surface area contributed by atoms with Crippen molar-refractivity contribution >= 4 is 132 Å². The zero-order valence-electron chi connectivity index (χ0n) is 86.3. The monoisotopic (exact) mass is 1900 g/mol. The molecule has 4 aliphatic heterocycles. The molecule has 0 spiro atoms. The molecule has 0 N–H and O–H groups in total. The fourth-order valence-corrected chi connectivity index (χ4v) is 30.5. The molecule has 28 rings (SSSR count). The van der Waals surface area contributed by atoms with Crippen LogP contribution >= 0.6 is 0 Å². The van der Waals surface area contributed by atoms with Crippen LogP contribution in [0.2, 0.25) is 0 Å². The van der Waals surface area contributed by atoms with Gasteiger partial charge in [-0.3, -0.25) is 9.97 Å². The molecular weight excluding hydrogens is 1770 g/mol. The predicted molar refractivity (Wildman–Crippen MR) is 615 cm³/mol. The Labute approximate surface area is 858 Å². The second-order valence-corrected chi connectivity index (χ2v) is 45.9. The first-order valence-corrected chi connectivity index (χ1v) is 53.8. The number of pyridine rings is 2. The number of aryl methyl sites for hydroxylation is 2. The van der Waals surface area contributed by atoms with Gasteiger partial charge in [-0.05, 0) is 414 Å². The number of methoxy groups -OCH3 is 2. The standard InChI is InChI=1S/C69H63N3O2.C69H63N3/c1-66-31-11-13-33-68(66,3)71(48-20-15-22-50(39-48)73-5)62-29-27-45(37-60(62)66)64-53-25-9-10-26-54(53)65(59-42-57-55(47-19-17-35-70-43-47)36-44-18-7-8-24-52(44)56(57)41-58(59)64)46-28-30-63-61(38-46)67(2)32-12-14-34-69(67,4)72(63)49-21-16-23-51(40-49)74-6;1-44-18-15-22-50(36-44)71-62-29-27-47(39-60(62)66(3)31-11-13-33-68(66,71)5)64-53-25-9-10-26-54(53)65(59-42-57-55(49-21-17-35-70-43-49)38-46-20-7-8-24-52(46)56(57)41-58(59)64)48-28-30-63-61(40-48)67(4)32-12-14-34-69(67,6)72(63)51-23-16-19-45(2)37-51/h7-10,15-30,35-43H,11-14,31-34H2,1-6H3;7-10,15-30,35-43H,11-14,31-34H2,1-6H3. The molecule has 8 heteroatoms. The van der Waals surface area contributed by atoms with Crippen molar-refractivity contribution < 1.29 is 9.47 Å². The Kier molecular flexibility index (Phi) is 20.5. The molecule has 8 nitrogen and oxygen atoms in total. The van der Waals surface area contributed by atoms with Crippen LogP contribution in [0.4, 0.5) is 45.5 Å². The molecule has 8 atom stereocenters. The van der Waals surface area contributed by atoms with E-state index in [4.69, 9.17) is 9.47 Å². The Bertz CT molecular complexity index is 8850. The number of rotatable bonds is 12. The number of benzene rings is 18. The quantitative estimate of drug-likeness (QED) is 0.0886. The highest BCUT2D eigenvalue weighted by atomic mass is 16.5. The number of hydrogen-bond donors (Lipinski definition) is 0. The van der Waals surface area contributed by atoms with E-state index < -0.39 is 0 Å². The summed E-state index contributed by atoms with van der Waals surface area (Å²) in [5.41, 5.74) is 33.3. The lowest BCUT2D eigenvalue weighted by Crippen LogP contribution is -2.54. The minimum Gasteiger partial charge on any atom is -0.497 e. The van der Waals surface area contributed by atoms with E-state index in [9.17, 15) is 0 Å². The molecule has 4 saturated carbocycles. The molecule has 146 heavy (non-hydrogen) atoms.